The molecule has 2 heterocycles. The van der Waals surface area contributed by atoms with Crippen molar-refractivity contribution in [3.8, 4) is 0 Å². The van der Waals surface area contributed by atoms with Crippen LogP contribution in [-0.4, -0.2) is 39.6 Å². The van der Waals surface area contributed by atoms with Crippen molar-refractivity contribution in [2.45, 2.75) is 51.4 Å². The maximum Gasteiger partial charge on any atom is 0.0951 e. The maximum absolute atomic E-state index is 4.31. The molecule has 1 saturated heterocycles. The third-order valence-electron chi connectivity index (χ3n) is 3.95. The molecule has 1 N–H and O–H groups in total. The van der Waals surface area contributed by atoms with Gasteiger partial charge < -0.3 is 9.88 Å². The SMILES string of the molecule is CC1CN(Cc2cncn2C2CC2)C(C)CN1. The fraction of sp³-hybridized carbons (Fsp3) is 0.769. The highest BCUT2D eigenvalue weighted by atomic mass is 15.2. The van der Waals surface area contributed by atoms with Crippen LogP contribution in [-0.2, 0) is 6.54 Å². The van der Waals surface area contributed by atoms with Gasteiger partial charge in [-0.1, -0.05) is 0 Å². The topological polar surface area (TPSA) is 33.1 Å². The largest absolute Gasteiger partial charge is 0.330 e. The zero-order valence-corrected chi connectivity index (χ0v) is 10.8. The van der Waals surface area contributed by atoms with Crippen LogP contribution in [0.25, 0.3) is 0 Å². The Bertz CT molecular complexity index is 383. The summed E-state index contributed by atoms with van der Waals surface area (Å²) in [7, 11) is 0. The molecule has 0 aromatic carbocycles. The highest BCUT2D eigenvalue weighted by Gasteiger charge is 2.27. The van der Waals surface area contributed by atoms with E-state index in [1.165, 1.54) is 18.5 Å². The highest BCUT2D eigenvalue weighted by molar-refractivity contribution is 5.04. The second kappa shape index (κ2) is 4.42. The van der Waals surface area contributed by atoms with Gasteiger partial charge in [-0.2, -0.15) is 0 Å². The summed E-state index contributed by atoms with van der Waals surface area (Å²) in [5.74, 6) is 0. The first-order valence-corrected chi connectivity index (χ1v) is 6.72. The fourth-order valence-electron chi connectivity index (χ4n) is 2.66. The molecule has 2 fully saturated rings. The molecular formula is C13H22N4. The number of imidazole rings is 1. The molecule has 0 amide bonds. The maximum atomic E-state index is 4.31. The highest BCUT2D eigenvalue weighted by Crippen LogP contribution is 2.35. The quantitative estimate of drug-likeness (QED) is 0.858. The molecule has 94 valence electrons. The van der Waals surface area contributed by atoms with Gasteiger partial charge in [0.1, 0.15) is 0 Å². The Balaban J connectivity index is 1.70. The summed E-state index contributed by atoms with van der Waals surface area (Å²) in [4.78, 5) is 6.88. The van der Waals surface area contributed by atoms with E-state index in [1.807, 2.05) is 12.5 Å². The predicted molar refractivity (Wildman–Crippen MR) is 67.8 cm³/mol. The monoisotopic (exact) mass is 234 g/mol. The van der Waals surface area contributed by atoms with Crippen molar-refractivity contribution in [1.29, 1.82) is 0 Å². The Morgan fingerprint density at radius 3 is 3.00 bits per heavy atom. The van der Waals surface area contributed by atoms with Gasteiger partial charge in [-0.15, -0.1) is 0 Å². The third kappa shape index (κ3) is 2.38. The van der Waals surface area contributed by atoms with Gasteiger partial charge in [0.15, 0.2) is 0 Å². The van der Waals surface area contributed by atoms with Crippen molar-refractivity contribution in [2.75, 3.05) is 13.1 Å². The average Bonchev–Trinajstić information content (AvgIpc) is 3.05. The van der Waals surface area contributed by atoms with Crippen LogP contribution in [0.5, 0.6) is 0 Å². The summed E-state index contributed by atoms with van der Waals surface area (Å²) in [5.41, 5.74) is 1.38. The van der Waals surface area contributed by atoms with E-state index in [0.29, 0.717) is 12.1 Å². The molecule has 1 aliphatic heterocycles. The minimum atomic E-state index is 0.600. The molecule has 4 nitrogen and oxygen atoms in total. The van der Waals surface area contributed by atoms with Crippen molar-refractivity contribution in [2.24, 2.45) is 0 Å². The number of hydrogen-bond donors (Lipinski definition) is 1. The number of nitrogens with zero attached hydrogens (tertiary/aromatic N) is 3. The average molecular weight is 234 g/mol. The van der Waals surface area contributed by atoms with Crippen molar-refractivity contribution in [3.63, 3.8) is 0 Å². The van der Waals surface area contributed by atoms with Crippen LogP contribution in [0, 0.1) is 0 Å². The number of hydrogen-bond acceptors (Lipinski definition) is 3. The Morgan fingerprint density at radius 2 is 2.24 bits per heavy atom. The standard InChI is InChI=1S/C13H22N4/c1-10-7-16(11(2)5-15-10)8-13-6-14-9-17(13)12-3-4-12/h6,9-12,15H,3-5,7-8H2,1-2H3. The van der Waals surface area contributed by atoms with Gasteiger partial charge in [-0.3, -0.25) is 4.90 Å². The van der Waals surface area contributed by atoms with Crippen LogP contribution in [0.3, 0.4) is 0 Å². The number of rotatable bonds is 3. The molecule has 3 rings (SSSR count). The lowest BCUT2D eigenvalue weighted by Crippen LogP contribution is -2.53. The molecule has 2 aliphatic rings. The predicted octanol–water partition coefficient (Wildman–Crippen LogP) is 1.40. The van der Waals surface area contributed by atoms with E-state index in [9.17, 15) is 0 Å². The third-order valence-corrected chi connectivity index (χ3v) is 3.95. The lowest BCUT2D eigenvalue weighted by molar-refractivity contribution is 0.135. The van der Waals surface area contributed by atoms with Crippen LogP contribution < -0.4 is 5.32 Å². The zero-order valence-electron chi connectivity index (χ0n) is 10.8. The normalized spacial score (nSPS) is 30.7. The van der Waals surface area contributed by atoms with Crippen molar-refractivity contribution in [3.05, 3.63) is 18.2 Å². The van der Waals surface area contributed by atoms with E-state index in [1.54, 1.807) is 0 Å². The molecule has 0 bridgehead atoms. The molecule has 17 heavy (non-hydrogen) atoms. The Labute approximate surface area is 103 Å². The van der Waals surface area contributed by atoms with Crippen LogP contribution in [0.4, 0.5) is 0 Å². The van der Waals surface area contributed by atoms with Gasteiger partial charge in [0.05, 0.1) is 12.0 Å². The van der Waals surface area contributed by atoms with Gasteiger partial charge in [-0.05, 0) is 26.7 Å². The van der Waals surface area contributed by atoms with Crippen molar-refractivity contribution >= 4 is 0 Å². The molecule has 1 aromatic rings. The summed E-state index contributed by atoms with van der Waals surface area (Å²) in [5, 5.41) is 3.53. The fourth-order valence-corrected chi connectivity index (χ4v) is 2.66. The number of piperazine rings is 1. The number of nitrogens with one attached hydrogen (secondary N) is 1. The molecule has 0 spiro atoms. The smallest absolute Gasteiger partial charge is 0.0951 e. The van der Waals surface area contributed by atoms with Gasteiger partial charge in [-0.25, -0.2) is 4.98 Å². The molecule has 0 radical (unpaired) electrons. The van der Waals surface area contributed by atoms with E-state index >= 15 is 0 Å². The molecule has 2 atom stereocenters. The summed E-state index contributed by atoms with van der Waals surface area (Å²) < 4.78 is 2.37. The second-order valence-corrected chi connectivity index (χ2v) is 5.61. The van der Waals surface area contributed by atoms with Crippen LogP contribution in [0.2, 0.25) is 0 Å². The first kappa shape index (κ1) is 11.2. The van der Waals surface area contributed by atoms with E-state index in [-0.39, 0.29) is 0 Å². The molecule has 4 heteroatoms. The van der Waals surface area contributed by atoms with Crippen LogP contribution >= 0.6 is 0 Å². The van der Waals surface area contributed by atoms with Crippen molar-refractivity contribution < 1.29 is 0 Å². The van der Waals surface area contributed by atoms with E-state index in [2.05, 4.69) is 33.6 Å². The summed E-state index contributed by atoms with van der Waals surface area (Å²) in [6.45, 7) is 7.84. The first-order chi connectivity index (χ1) is 8.24. The molecule has 2 unspecified atom stereocenters. The van der Waals surface area contributed by atoms with Crippen LogP contribution in [0.15, 0.2) is 12.5 Å². The molecule has 1 aliphatic carbocycles. The molecule has 1 saturated carbocycles. The van der Waals surface area contributed by atoms with E-state index in [4.69, 9.17) is 0 Å². The van der Waals surface area contributed by atoms with E-state index < -0.39 is 0 Å². The summed E-state index contributed by atoms with van der Waals surface area (Å²) >= 11 is 0. The van der Waals surface area contributed by atoms with Crippen LogP contribution in [0.1, 0.15) is 38.4 Å². The second-order valence-electron chi connectivity index (χ2n) is 5.61. The van der Waals surface area contributed by atoms with Gasteiger partial charge in [0.2, 0.25) is 0 Å². The van der Waals surface area contributed by atoms with Gasteiger partial charge in [0, 0.05) is 44.0 Å². The van der Waals surface area contributed by atoms with Crippen molar-refractivity contribution in [1.82, 2.24) is 19.8 Å². The molecule has 1 aromatic heterocycles. The molecular weight excluding hydrogens is 212 g/mol. The Kier molecular flexibility index (Phi) is 2.92. The Morgan fingerprint density at radius 1 is 1.41 bits per heavy atom. The Hall–Kier alpha value is -0.870. The van der Waals surface area contributed by atoms with Gasteiger partial charge in [0.25, 0.3) is 0 Å². The first-order valence-electron chi connectivity index (χ1n) is 6.72. The van der Waals surface area contributed by atoms with Gasteiger partial charge >= 0.3 is 0 Å². The minimum absolute atomic E-state index is 0.600. The minimum Gasteiger partial charge on any atom is -0.330 e. The number of aromatic nitrogens is 2. The lowest BCUT2D eigenvalue weighted by Gasteiger charge is -2.37. The van der Waals surface area contributed by atoms with E-state index in [0.717, 1.165) is 25.7 Å². The lowest BCUT2D eigenvalue weighted by atomic mass is 10.1. The zero-order chi connectivity index (χ0) is 11.8. The summed E-state index contributed by atoms with van der Waals surface area (Å²) in [6, 6.07) is 1.96. The summed E-state index contributed by atoms with van der Waals surface area (Å²) in [6.07, 6.45) is 6.70.